The number of aliphatic hydroxyl groups excluding tert-OH is 1. The smallest absolute Gasteiger partial charge is 0.317 e. The summed E-state index contributed by atoms with van der Waals surface area (Å²) in [5.41, 5.74) is 5.76. The fraction of sp³-hybridized carbons (Fsp3) is 0.542. The van der Waals surface area contributed by atoms with Gasteiger partial charge in [0.15, 0.2) is 0 Å². The number of aliphatic carboxylic acids is 2. The Hall–Kier alpha value is -4.21. The molecule has 7 N–H and O–H groups in total. The number of nitrogens with zero attached hydrogens (tertiary/aromatic N) is 4. The molecule has 24 nitrogen and oxygen atoms in total. The Labute approximate surface area is 541 Å². The maximum Gasteiger partial charge on any atom is 0.317 e. The number of likely N-dealkylation sites (N-methyl/N-ethyl adjacent to an activating group) is 2. The van der Waals surface area contributed by atoms with Crippen LogP contribution in [0.3, 0.4) is 0 Å². The van der Waals surface area contributed by atoms with E-state index in [4.69, 9.17) is 74.8 Å². The van der Waals surface area contributed by atoms with Crippen molar-refractivity contribution in [2.75, 3.05) is 172 Å². The number of ether oxygens (including phenoxy) is 6. The molecule has 494 valence electrons. The molecule has 0 aromatic heterocycles. The minimum absolute atomic E-state index is 0.00914. The first-order valence-corrected chi connectivity index (χ1v) is 33.6. The van der Waals surface area contributed by atoms with Crippen molar-refractivity contribution < 1.29 is 75.0 Å². The largest absolute Gasteiger partial charge is 0.480 e. The molecule has 4 aromatic rings. The first-order chi connectivity index (χ1) is 42.6. The Morgan fingerprint density at radius 1 is 0.584 bits per heavy atom. The van der Waals surface area contributed by atoms with Gasteiger partial charge in [-0.3, -0.25) is 29.5 Å². The lowest BCUT2D eigenvalue weighted by Crippen LogP contribution is -2.48. The fourth-order valence-electron chi connectivity index (χ4n) is 10.3. The highest BCUT2D eigenvalue weighted by molar-refractivity contribution is 7.89. The second-order valence-corrected chi connectivity index (χ2v) is 26.7. The Kier molecular flexibility index (Phi) is 31.6. The normalized spacial score (nSPS) is 16.0. The van der Waals surface area contributed by atoms with Gasteiger partial charge in [0.05, 0.1) is 109 Å². The predicted molar refractivity (Wildman–Crippen MR) is 337 cm³/mol. The quantitative estimate of drug-likeness (QED) is 0.0245. The summed E-state index contributed by atoms with van der Waals surface area (Å²) in [5.74, 6) is -2.85. The van der Waals surface area contributed by atoms with Crippen LogP contribution in [-0.4, -0.2) is 248 Å². The fourth-order valence-corrected chi connectivity index (χ4v) is 13.6. The summed E-state index contributed by atoms with van der Waals surface area (Å²) in [4.78, 5) is 43.4. The van der Waals surface area contributed by atoms with Crippen LogP contribution < -0.4 is 20.1 Å². The van der Waals surface area contributed by atoms with Gasteiger partial charge in [-0.05, 0) is 102 Å². The number of hydrogen-bond acceptors (Lipinski definition) is 19. The number of rotatable bonds is 43. The van der Waals surface area contributed by atoms with Gasteiger partial charge < -0.3 is 58.9 Å². The highest BCUT2D eigenvalue weighted by Crippen LogP contribution is 2.40. The Morgan fingerprint density at radius 2 is 1.06 bits per heavy atom. The number of carbonyl (C=O) groups excluding carboxylic acids is 1. The van der Waals surface area contributed by atoms with Gasteiger partial charge in [-0.25, -0.2) is 26.3 Å². The number of nitrogens with one attached hydrogen (secondary N) is 4. The van der Waals surface area contributed by atoms with E-state index in [1.165, 1.54) is 9.80 Å². The maximum absolute atomic E-state index is 13.2. The number of carboxylic acids is 2. The molecule has 2 heterocycles. The summed E-state index contributed by atoms with van der Waals surface area (Å²) in [5, 5.41) is 37.4. The van der Waals surface area contributed by atoms with Gasteiger partial charge in [0.1, 0.15) is 6.23 Å². The molecule has 1 amide bonds. The average Bonchev–Trinajstić information content (AvgIpc) is 0.988. The number of fused-ring (bicyclic) bond motifs is 2. The van der Waals surface area contributed by atoms with E-state index in [2.05, 4.69) is 29.9 Å². The monoisotopic (exact) mass is 1360 g/mol. The Morgan fingerprint density at radius 3 is 1.63 bits per heavy atom. The highest BCUT2D eigenvalue weighted by atomic mass is 35.5. The van der Waals surface area contributed by atoms with Crippen molar-refractivity contribution in [3.05, 3.63) is 126 Å². The third-order valence-electron chi connectivity index (χ3n) is 14.4. The molecule has 2 aliphatic heterocycles. The van der Waals surface area contributed by atoms with Crippen LogP contribution in [0.25, 0.3) is 0 Å². The summed E-state index contributed by atoms with van der Waals surface area (Å²) < 4.78 is 91.0. The number of aliphatic hydroxyl groups is 1. The van der Waals surface area contributed by atoms with Gasteiger partial charge in [0.2, 0.25) is 26.0 Å². The van der Waals surface area contributed by atoms with Crippen LogP contribution in [0.15, 0.2) is 82.6 Å². The van der Waals surface area contributed by atoms with Gasteiger partial charge in [-0.15, -0.1) is 0 Å². The lowest BCUT2D eigenvalue weighted by atomic mass is 9.85. The lowest BCUT2D eigenvalue weighted by Gasteiger charge is -2.33. The van der Waals surface area contributed by atoms with Crippen molar-refractivity contribution in [2.45, 2.75) is 47.4 Å². The predicted octanol–water partition coefficient (Wildman–Crippen LogP) is 3.80. The number of amides is 1. The van der Waals surface area contributed by atoms with E-state index in [0.29, 0.717) is 46.1 Å². The van der Waals surface area contributed by atoms with Crippen molar-refractivity contribution in [1.82, 2.24) is 39.7 Å². The van der Waals surface area contributed by atoms with Crippen molar-refractivity contribution >= 4 is 84.3 Å². The van der Waals surface area contributed by atoms with Gasteiger partial charge in [-0.1, -0.05) is 70.7 Å². The number of carboxylic acid groups (broad SMARTS) is 2. The zero-order chi connectivity index (χ0) is 64.3. The second kappa shape index (κ2) is 38.1. The van der Waals surface area contributed by atoms with Gasteiger partial charge in [0, 0.05) is 104 Å². The molecule has 0 radical (unpaired) electrons. The Balaban J connectivity index is 0.747. The molecule has 89 heavy (non-hydrogen) atoms. The summed E-state index contributed by atoms with van der Waals surface area (Å²) >= 11 is 25.7. The number of sulfonamides is 2. The van der Waals surface area contributed by atoms with E-state index in [0.717, 1.165) is 39.9 Å². The Bertz CT molecular complexity index is 3140. The molecule has 1 unspecified atom stereocenters. The van der Waals surface area contributed by atoms with Crippen LogP contribution in [0, 0.1) is 0 Å². The summed E-state index contributed by atoms with van der Waals surface area (Å²) in [6.45, 7) is 4.41. The molecule has 0 aliphatic carbocycles. The molecule has 30 heteroatoms. The van der Waals surface area contributed by atoms with E-state index in [-0.39, 0.29) is 153 Å². The van der Waals surface area contributed by atoms with E-state index in [1.54, 1.807) is 48.5 Å². The first-order valence-electron chi connectivity index (χ1n) is 29.1. The summed E-state index contributed by atoms with van der Waals surface area (Å²) in [6, 6.07) is 21.0. The lowest BCUT2D eigenvalue weighted by molar-refractivity contribution is -0.141. The molecular weight excluding hydrogens is 1280 g/mol. The van der Waals surface area contributed by atoms with Crippen LogP contribution in [0.5, 0.6) is 0 Å². The molecule has 0 bridgehead atoms. The molecule has 4 aromatic carbocycles. The number of carbonyl (C=O) groups is 3. The number of halogens is 4. The first kappa shape index (κ1) is 73.8. The molecule has 6 rings (SSSR count). The number of benzene rings is 4. The second-order valence-electron chi connectivity index (χ2n) is 21.5. The van der Waals surface area contributed by atoms with Crippen LogP contribution in [0.4, 0.5) is 0 Å². The highest BCUT2D eigenvalue weighted by Gasteiger charge is 2.30. The van der Waals surface area contributed by atoms with Crippen LogP contribution in [0.2, 0.25) is 20.1 Å². The van der Waals surface area contributed by atoms with E-state index >= 15 is 0 Å². The van der Waals surface area contributed by atoms with Crippen molar-refractivity contribution in [3.8, 4) is 0 Å². The molecule has 3 atom stereocenters. The van der Waals surface area contributed by atoms with E-state index in [9.17, 15) is 46.5 Å². The maximum atomic E-state index is 13.2. The van der Waals surface area contributed by atoms with Crippen LogP contribution >= 0.6 is 46.4 Å². The minimum Gasteiger partial charge on any atom is -0.480 e. The van der Waals surface area contributed by atoms with Gasteiger partial charge in [-0.2, -0.15) is 0 Å². The molecule has 0 fully saturated rings. The van der Waals surface area contributed by atoms with E-state index in [1.807, 2.05) is 38.4 Å². The minimum atomic E-state index is -3.83. The van der Waals surface area contributed by atoms with Gasteiger partial charge in [0.25, 0.3) is 0 Å². The molecule has 0 saturated carbocycles. The third-order valence-corrected chi connectivity index (χ3v) is 18.4. The van der Waals surface area contributed by atoms with Crippen LogP contribution in [-0.2, 0) is 82.4 Å². The average molecular weight is 1370 g/mol. The van der Waals surface area contributed by atoms with Crippen LogP contribution in [0.1, 0.15) is 45.2 Å². The van der Waals surface area contributed by atoms with Crippen molar-refractivity contribution in [3.63, 3.8) is 0 Å². The molecule has 2 aliphatic rings. The van der Waals surface area contributed by atoms with Crippen molar-refractivity contribution in [1.29, 1.82) is 0 Å². The zero-order valence-corrected chi connectivity index (χ0v) is 54.7. The zero-order valence-electron chi connectivity index (χ0n) is 50.0. The van der Waals surface area contributed by atoms with Crippen molar-refractivity contribution in [2.24, 2.45) is 0 Å². The standard InChI is InChI=1S/C59H82Cl4N8O16S2/c1-68-34-44(49-30-45(60)32-54(62)52(49)36-68)27-42-5-3-7-47(28-42)88(78,79)66-11-17-84-21-25-86-23-19-82-15-9-64-56(72)38-70(40-58(74)75)13-14-71(41-59(76)77)39-57(73)65-10-16-83-20-24-87-26-22-85-18-12-67-89(80,81)48-8-4-6-43(29-48)51-35-69(2)37-53-50(51)31-46(61)33-55(53)63/h3-8,28-33,44,51,57,65-67,73H,9-27,34-41H2,1-2H3,(H,64,72)(H,74,75)(H,76,77)/t44-,51+,57?/m1/s1. The van der Waals surface area contributed by atoms with E-state index < -0.39 is 57.2 Å². The SMILES string of the molecule is CN1Cc2c(Cl)cc(Cl)cc2[C@H](Cc2cccc(S(=O)(=O)NCCOCCOCCOCCNC(=O)CN(CCN(CC(=O)O)CC(O)NCCOCCOCCOCCNS(=O)(=O)c3cccc([C@@H]4CN(C)Cc5c(Cl)cc(Cl)cc54)c3)CC(=O)O)c2)C1. The summed E-state index contributed by atoms with van der Waals surface area (Å²) in [6.07, 6.45) is -0.544. The third kappa shape index (κ3) is 26.0. The molecule has 0 spiro atoms. The molecular formula is C59H82Cl4N8O16S2. The number of hydrogen-bond donors (Lipinski definition) is 7. The topological polar surface area (TPSA) is 297 Å². The van der Waals surface area contributed by atoms with Gasteiger partial charge >= 0.3 is 11.9 Å². The summed E-state index contributed by atoms with van der Waals surface area (Å²) in [7, 11) is -3.62. The molecule has 0 saturated heterocycles.